The van der Waals surface area contributed by atoms with E-state index >= 15 is 0 Å². The molecule has 7 nitrogen and oxygen atoms in total. The van der Waals surface area contributed by atoms with Crippen molar-refractivity contribution in [2.24, 2.45) is 11.1 Å². The number of rotatable bonds is 4. The Morgan fingerprint density at radius 2 is 1.94 bits per heavy atom. The summed E-state index contributed by atoms with van der Waals surface area (Å²) in [5.74, 6) is -0.474. The molecule has 0 saturated carbocycles. The zero-order chi connectivity index (χ0) is 23.2. The van der Waals surface area contributed by atoms with Gasteiger partial charge in [0.05, 0.1) is 22.5 Å². The monoisotopic (exact) mass is 448 g/mol. The number of allylic oxidation sites excluding steroid dienone is 3. The molecule has 1 aliphatic carbocycles. The Bertz CT molecular complexity index is 1210. The lowest BCUT2D eigenvalue weighted by Crippen LogP contribution is -2.42. The Kier molecular flexibility index (Phi) is 5.39. The van der Waals surface area contributed by atoms with E-state index in [0.717, 1.165) is 29.1 Å². The standard InChI is InChI=1S/C24H24N4O3S/c1-4-14-5-7-15(8-6-14)27-17-11-24(2,3)12-18(29)22(17)21(16(13-25)23(27)26)19-9-10-20(32-19)28(30)31/h5-10,21H,4,11-12,26H2,1-3H3. The van der Waals surface area contributed by atoms with Gasteiger partial charge in [-0.1, -0.05) is 44.2 Å². The highest BCUT2D eigenvalue weighted by Crippen LogP contribution is 2.51. The fourth-order valence-electron chi connectivity index (χ4n) is 4.56. The lowest BCUT2D eigenvalue weighted by molar-refractivity contribution is -0.380. The number of carbonyl (C=O) groups excluding carboxylic acids is 1. The topological polar surface area (TPSA) is 113 Å². The smallest absolute Gasteiger partial charge is 0.324 e. The Labute approximate surface area is 190 Å². The van der Waals surface area contributed by atoms with Crippen molar-refractivity contribution in [1.82, 2.24) is 0 Å². The van der Waals surface area contributed by atoms with Crippen molar-refractivity contribution < 1.29 is 9.72 Å². The minimum atomic E-state index is -0.691. The van der Waals surface area contributed by atoms with Gasteiger partial charge in [0.2, 0.25) is 0 Å². The largest absolute Gasteiger partial charge is 0.384 e. The second-order valence-electron chi connectivity index (χ2n) is 8.93. The van der Waals surface area contributed by atoms with Crippen molar-refractivity contribution >= 4 is 27.8 Å². The molecule has 0 fully saturated rings. The molecule has 1 aromatic carbocycles. The average Bonchev–Trinajstić information content (AvgIpc) is 3.22. The molecule has 4 rings (SSSR count). The first-order valence-electron chi connectivity index (χ1n) is 10.5. The van der Waals surface area contributed by atoms with Crippen molar-refractivity contribution in [1.29, 1.82) is 5.26 Å². The van der Waals surface area contributed by atoms with E-state index in [1.165, 1.54) is 11.6 Å². The number of aryl methyl sites for hydroxylation is 1. The van der Waals surface area contributed by atoms with Crippen LogP contribution in [0.15, 0.2) is 59.1 Å². The summed E-state index contributed by atoms with van der Waals surface area (Å²) in [6.45, 7) is 6.15. The molecule has 1 atom stereocenters. The van der Waals surface area contributed by atoms with Crippen LogP contribution in [0, 0.1) is 26.9 Å². The van der Waals surface area contributed by atoms with Gasteiger partial charge in [-0.25, -0.2) is 0 Å². The van der Waals surface area contributed by atoms with E-state index in [1.807, 2.05) is 43.0 Å². The quantitative estimate of drug-likeness (QED) is 0.510. The molecule has 32 heavy (non-hydrogen) atoms. The van der Waals surface area contributed by atoms with Crippen LogP contribution >= 0.6 is 11.3 Å². The normalized spacial score (nSPS) is 20.2. The van der Waals surface area contributed by atoms with Gasteiger partial charge in [0.25, 0.3) is 0 Å². The molecule has 2 N–H and O–H groups in total. The van der Waals surface area contributed by atoms with Gasteiger partial charge in [0, 0.05) is 34.3 Å². The SMILES string of the molecule is CCc1ccc(N2C(N)=C(C#N)C(c3ccc([N+](=O)[O-])s3)C3=C2CC(C)(C)CC3=O)cc1. The molecular formula is C24H24N4O3S. The van der Waals surface area contributed by atoms with Gasteiger partial charge in [-0.3, -0.25) is 19.8 Å². The summed E-state index contributed by atoms with van der Waals surface area (Å²) in [4.78, 5) is 26.6. The number of hydrogen-bond donors (Lipinski definition) is 1. The first-order chi connectivity index (χ1) is 15.2. The Hall–Kier alpha value is -3.44. The van der Waals surface area contributed by atoms with E-state index in [9.17, 15) is 20.2 Å². The van der Waals surface area contributed by atoms with E-state index in [-0.39, 0.29) is 27.6 Å². The van der Waals surface area contributed by atoms with Crippen molar-refractivity contribution in [3.8, 4) is 6.07 Å². The average molecular weight is 449 g/mol. The van der Waals surface area contributed by atoms with E-state index in [4.69, 9.17) is 5.73 Å². The number of nitrogens with zero attached hydrogens (tertiary/aromatic N) is 3. The van der Waals surface area contributed by atoms with Crippen molar-refractivity contribution in [2.75, 3.05) is 4.90 Å². The number of Topliss-reactive ketones (excluding diaryl/α,β-unsaturated/α-hetero) is 1. The molecule has 1 unspecified atom stereocenters. The molecule has 2 aliphatic rings. The van der Waals surface area contributed by atoms with Crippen molar-refractivity contribution in [3.05, 3.63) is 79.6 Å². The number of nitro groups is 1. The third kappa shape index (κ3) is 3.59. The van der Waals surface area contributed by atoms with Crippen LogP contribution in [0.25, 0.3) is 0 Å². The van der Waals surface area contributed by atoms with Gasteiger partial charge >= 0.3 is 5.00 Å². The number of hydrogen-bond acceptors (Lipinski definition) is 7. The maximum Gasteiger partial charge on any atom is 0.324 e. The molecule has 1 aromatic heterocycles. The molecule has 1 aliphatic heterocycles. The second kappa shape index (κ2) is 7.92. The van der Waals surface area contributed by atoms with E-state index in [0.29, 0.717) is 23.3 Å². The minimum Gasteiger partial charge on any atom is -0.384 e. The molecule has 8 heteroatoms. The first-order valence-corrected chi connectivity index (χ1v) is 11.3. The summed E-state index contributed by atoms with van der Waals surface area (Å²) >= 11 is 0.983. The first kappa shape index (κ1) is 21.8. The Balaban J connectivity index is 1.95. The van der Waals surface area contributed by atoms with Crippen LogP contribution in [0.3, 0.4) is 0 Å². The van der Waals surface area contributed by atoms with Crippen molar-refractivity contribution in [3.63, 3.8) is 0 Å². The maximum absolute atomic E-state index is 13.4. The third-order valence-electron chi connectivity index (χ3n) is 6.06. The number of thiophene rings is 1. The zero-order valence-corrected chi connectivity index (χ0v) is 19.0. The van der Waals surface area contributed by atoms with Crippen molar-refractivity contribution in [2.45, 2.75) is 46.0 Å². The molecule has 0 saturated heterocycles. The van der Waals surface area contributed by atoms with Crippen LogP contribution in [0.4, 0.5) is 10.7 Å². The van der Waals surface area contributed by atoms with Gasteiger partial charge in [-0.2, -0.15) is 5.26 Å². The number of nitriles is 1. The van der Waals surface area contributed by atoms with Gasteiger partial charge in [-0.15, -0.1) is 0 Å². The summed E-state index contributed by atoms with van der Waals surface area (Å²) in [5, 5.41) is 21.3. The predicted octanol–water partition coefficient (Wildman–Crippen LogP) is 5.16. The van der Waals surface area contributed by atoms with Gasteiger partial charge in [0.15, 0.2) is 5.78 Å². The van der Waals surface area contributed by atoms with E-state index < -0.39 is 10.8 Å². The van der Waals surface area contributed by atoms with Crippen LogP contribution in [0.2, 0.25) is 0 Å². The zero-order valence-electron chi connectivity index (χ0n) is 18.2. The summed E-state index contributed by atoms with van der Waals surface area (Å²) in [5.41, 5.74) is 9.81. The fraction of sp³-hybridized carbons (Fsp3) is 0.333. The molecular weight excluding hydrogens is 424 g/mol. The highest BCUT2D eigenvalue weighted by atomic mass is 32.1. The highest BCUT2D eigenvalue weighted by Gasteiger charge is 2.45. The van der Waals surface area contributed by atoms with Crippen LogP contribution in [-0.2, 0) is 11.2 Å². The lowest BCUT2D eigenvalue weighted by atomic mass is 9.69. The number of carbonyl (C=O) groups is 1. The third-order valence-corrected chi connectivity index (χ3v) is 7.16. The van der Waals surface area contributed by atoms with E-state index in [1.54, 1.807) is 6.07 Å². The summed E-state index contributed by atoms with van der Waals surface area (Å²) in [6.07, 6.45) is 1.84. The molecule has 0 radical (unpaired) electrons. The maximum atomic E-state index is 13.4. The lowest BCUT2D eigenvalue weighted by Gasteiger charge is -2.43. The molecule has 0 spiro atoms. The summed E-state index contributed by atoms with van der Waals surface area (Å²) in [7, 11) is 0. The second-order valence-corrected chi connectivity index (χ2v) is 10.0. The van der Waals surface area contributed by atoms with Gasteiger partial charge < -0.3 is 5.73 Å². The molecule has 0 amide bonds. The predicted molar refractivity (Wildman–Crippen MR) is 124 cm³/mol. The Morgan fingerprint density at radius 1 is 1.25 bits per heavy atom. The van der Waals surface area contributed by atoms with Crippen LogP contribution in [-0.4, -0.2) is 10.7 Å². The summed E-state index contributed by atoms with van der Waals surface area (Å²) < 4.78 is 0. The number of benzene rings is 1. The summed E-state index contributed by atoms with van der Waals surface area (Å²) in [6, 6.07) is 13.2. The number of ketones is 1. The van der Waals surface area contributed by atoms with Crippen LogP contribution in [0.1, 0.15) is 50.0 Å². The van der Waals surface area contributed by atoms with E-state index in [2.05, 4.69) is 13.0 Å². The minimum absolute atomic E-state index is 0.0285. The molecule has 2 heterocycles. The van der Waals surface area contributed by atoms with Crippen LogP contribution < -0.4 is 10.6 Å². The highest BCUT2D eigenvalue weighted by molar-refractivity contribution is 7.15. The number of anilines is 1. The van der Waals surface area contributed by atoms with Crippen LogP contribution in [0.5, 0.6) is 0 Å². The fourth-order valence-corrected chi connectivity index (χ4v) is 5.51. The number of nitrogens with two attached hydrogens (primary N) is 1. The Morgan fingerprint density at radius 3 is 2.50 bits per heavy atom. The molecule has 164 valence electrons. The molecule has 2 aromatic rings. The molecule has 0 bridgehead atoms. The van der Waals surface area contributed by atoms with Gasteiger partial charge in [-0.05, 0) is 42.0 Å². The van der Waals surface area contributed by atoms with Gasteiger partial charge in [0.1, 0.15) is 5.82 Å².